The second-order valence-electron chi connectivity index (χ2n) is 6.31. The average molecular weight is 346 g/mol. The van der Waals surface area contributed by atoms with Gasteiger partial charge in [-0.15, -0.1) is 0 Å². The fourth-order valence-corrected chi connectivity index (χ4v) is 3.28. The molecule has 26 heavy (non-hydrogen) atoms. The number of hydrogen-bond donors (Lipinski definition) is 2. The lowest BCUT2D eigenvalue weighted by Crippen LogP contribution is -2.11. The Balaban J connectivity index is 1.90. The van der Waals surface area contributed by atoms with Gasteiger partial charge in [-0.05, 0) is 41.8 Å². The highest BCUT2D eigenvalue weighted by molar-refractivity contribution is 5.85. The van der Waals surface area contributed by atoms with Gasteiger partial charge in [0.2, 0.25) is 5.43 Å². The molecule has 0 saturated heterocycles. The van der Waals surface area contributed by atoms with Gasteiger partial charge in [-0.1, -0.05) is 18.2 Å². The molecule has 0 aliphatic carbocycles. The van der Waals surface area contributed by atoms with Gasteiger partial charge in [-0.25, -0.2) is 0 Å². The molecule has 3 N–H and O–H groups in total. The summed E-state index contributed by atoms with van der Waals surface area (Å²) in [5, 5.41) is 15.1. The lowest BCUT2D eigenvalue weighted by molar-refractivity contribution is 0.466. The molecule has 4 rings (SSSR count). The molecule has 130 valence electrons. The number of anilines is 1. The third-order valence-corrected chi connectivity index (χ3v) is 4.68. The monoisotopic (exact) mass is 346 g/mol. The van der Waals surface area contributed by atoms with Gasteiger partial charge in [-0.3, -0.25) is 14.0 Å². The van der Waals surface area contributed by atoms with Crippen molar-refractivity contribution in [1.82, 2.24) is 14.3 Å². The van der Waals surface area contributed by atoms with Crippen molar-refractivity contribution in [3.8, 4) is 22.6 Å². The van der Waals surface area contributed by atoms with E-state index >= 15 is 0 Å². The number of benzene rings is 2. The quantitative estimate of drug-likeness (QED) is 0.584. The van der Waals surface area contributed by atoms with Crippen LogP contribution in [0.3, 0.4) is 0 Å². The first-order valence-corrected chi connectivity index (χ1v) is 8.19. The van der Waals surface area contributed by atoms with E-state index < -0.39 is 5.43 Å². The van der Waals surface area contributed by atoms with Crippen molar-refractivity contribution in [1.29, 1.82) is 0 Å². The molecule has 0 unspecified atom stereocenters. The topological polar surface area (TPSA) is 86.1 Å². The number of nitrogens with zero attached hydrogens (tertiary/aromatic N) is 3. The third-order valence-electron chi connectivity index (χ3n) is 4.68. The fraction of sp³-hybridized carbons (Fsp3) is 0.100. The van der Waals surface area contributed by atoms with Crippen molar-refractivity contribution < 1.29 is 5.11 Å². The molecule has 0 radical (unpaired) electrons. The van der Waals surface area contributed by atoms with E-state index in [1.807, 2.05) is 49.1 Å². The SMILES string of the molecule is Cc1c(-c2ccc3c(cnn3C)c2)cccc1-n1cc(O)c(=O)cc1N. The van der Waals surface area contributed by atoms with E-state index in [0.717, 1.165) is 33.3 Å². The maximum absolute atomic E-state index is 11.6. The van der Waals surface area contributed by atoms with Gasteiger partial charge in [0.05, 0.1) is 23.6 Å². The normalized spacial score (nSPS) is 11.2. The van der Waals surface area contributed by atoms with E-state index in [4.69, 9.17) is 5.73 Å². The molecular weight excluding hydrogens is 328 g/mol. The summed E-state index contributed by atoms with van der Waals surface area (Å²) in [4.78, 5) is 11.6. The average Bonchev–Trinajstić information content (AvgIpc) is 2.99. The van der Waals surface area contributed by atoms with Crippen LogP contribution in [-0.2, 0) is 7.05 Å². The Hall–Kier alpha value is -3.54. The highest BCUT2D eigenvalue weighted by Gasteiger charge is 2.12. The van der Waals surface area contributed by atoms with E-state index in [2.05, 4.69) is 17.2 Å². The Labute approximate surface area is 149 Å². The van der Waals surface area contributed by atoms with Crippen molar-refractivity contribution in [2.45, 2.75) is 6.92 Å². The van der Waals surface area contributed by atoms with Crippen LogP contribution in [0.25, 0.3) is 27.7 Å². The predicted molar refractivity (Wildman–Crippen MR) is 103 cm³/mol. The van der Waals surface area contributed by atoms with Crippen LogP contribution in [0, 0.1) is 6.92 Å². The standard InChI is InChI=1S/C20H18N4O2/c1-12-15(13-6-7-17-14(8-13)10-22-23(17)2)4-3-5-16(12)24-11-19(26)18(25)9-20(24)21/h3-11,26H,21H2,1-2H3. The minimum atomic E-state index is -0.491. The van der Waals surface area contributed by atoms with E-state index in [-0.39, 0.29) is 11.6 Å². The second kappa shape index (κ2) is 5.77. The summed E-state index contributed by atoms with van der Waals surface area (Å²) in [5.41, 5.74) is 10.5. The molecule has 6 nitrogen and oxygen atoms in total. The van der Waals surface area contributed by atoms with Crippen LogP contribution < -0.4 is 11.2 Å². The zero-order valence-electron chi connectivity index (χ0n) is 14.5. The Morgan fingerprint density at radius 1 is 1.15 bits per heavy atom. The molecule has 0 fully saturated rings. The summed E-state index contributed by atoms with van der Waals surface area (Å²) in [6, 6.07) is 13.3. The highest BCUT2D eigenvalue weighted by atomic mass is 16.3. The smallest absolute Gasteiger partial charge is 0.225 e. The molecule has 6 heteroatoms. The van der Waals surface area contributed by atoms with Crippen LogP contribution in [0.1, 0.15) is 5.56 Å². The number of rotatable bonds is 2. The molecule has 0 aliphatic rings. The van der Waals surface area contributed by atoms with E-state index in [1.165, 1.54) is 12.3 Å². The highest BCUT2D eigenvalue weighted by Crippen LogP contribution is 2.31. The first-order chi connectivity index (χ1) is 12.5. The van der Waals surface area contributed by atoms with Crippen LogP contribution in [-0.4, -0.2) is 19.5 Å². The number of hydrogen-bond acceptors (Lipinski definition) is 4. The van der Waals surface area contributed by atoms with Gasteiger partial charge in [0, 0.05) is 18.5 Å². The van der Waals surface area contributed by atoms with Crippen molar-refractivity contribution in [2.75, 3.05) is 5.73 Å². The largest absolute Gasteiger partial charge is 0.503 e. The number of nitrogen functional groups attached to an aromatic ring is 1. The van der Waals surface area contributed by atoms with E-state index in [0.29, 0.717) is 0 Å². The molecule has 0 spiro atoms. The molecule has 2 heterocycles. The van der Waals surface area contributed by atoms with Crippen LogP contribution in [0.15, 0.2) is 59.7 Å². The van der Waals surface area contributed by atoms with Crippen LogP contribution in [0.5, 0.6) is 5.75 Å². The molecule has 0 atom stereocenters. The summed E-state index contributed by atoms with van der Waals surface area (Å²) < 4.78 is 3.46. The zero-order chi connectivity index (χ0) is 18.4. The number of nitrogens with two attached hydrogens (primary N) is 1. The molecule has 0 aliphatic heterocycles. The first-order valence-electron chi connectivity index (χ1n) is 8.19. The summed E-state index contributed by atoms with van der Waals surface area (Å²) in [6.07, 6.45) is 3.20. The van der Waals surface area contributed by atoms with Gasteiger partial charge < -0.3 is 10.8 Å². The van der Waals surface area contributed by atoms with E-state index in [1.54, 1.807) is 4.57 Å². The van der Waals surface area contributed by atoms with Crippen molar-refractivity contribution in [2.24, 2.45) is 7.05 Å². The van der Waals surface area contributed by atoms with Gasteiger partial charge in [0.25, 0.3) is 0 Å². The maximum atomic E-state index is 11.6. The second-order valence-corrected chi connectivity index (χ2v) is 6.31. The summed E-state index contributed by atoms with van der Waals surface area (Å²) in [5.74, 6) is -0.0588. The third kappa shape index (κ3) is 2.43. The zero-order valence-corrected chi connectivity index (χ0v) is 14.5. The van der Waals surface area contributed by atoms with Crippen molar-refractivity contribution in [3.63, 3.8) is 0 Å². The molecule has 4 aromatic rings. The Kier molecular flexibility index (Phi) is 3.54. The van der Waals surface area contributed by atoms with Gasteiger partial charge in [-0.2, -0.15) is 5.10 Å². The number of fused-ring (bicyclic) bond motifs is 1. The Morgan fingerprint density at radius 3 is 2.77 bits per heavy atom. The Morgan fingerprint density at radius 2 is 1.96 bits per heavy atom. The van der Waals surface area contributed by atoms with Crippen molar-refractivity contribution >= 4 is 16.7 Å². The molecule has 2 aromatic carbocycles. The summed E-state index contributed by atoms with van der Waals surface area (Å²) >= 11 is 0. The van der Waals surface area contributed by atoms with Crippen LogP contribution in [0.2, 0.25) is 0 Å². The fourth-order valence-electron chi connectivity index (χ4n) is 3.28. The van der Waals surface area contributed by atoms with Gasteiger partial charge >= 0.3 is 0 Å². The maximum Gasteiger partial charge on any atom is 0.225 e. The van der Waals surface area contributed by atoms with Crippen LogP contribution in [0.4, 0.5) is 5.82 Å². The van der Waals surface area contributed by atoms with Gasteiger partial charge in [0.15, 0.2) is 5.75 Å². The lowest BCUT2D eigenvalue weighted by atomic mass is 9.98. The molecule has 0 saturated carbocycles. The number of aryl methyl sites for hydroxylation is 1. The first kappa shape index (κ1) is 16.0. The molecule has 2 aromatic heterocycles. The molecule has 0 amide bonds. The summed E-state index contributed by atoms with van der Waals surface area (Å²) in [7, 11) is 1.92. The molecule has 0 bridgehead atoms. The Bertz CT molecular complexity index is 1200. The lowest BCUT2D eigenvalue weighted by Gasteiger charge is -2.16. The predicted octanol–water partition coefficient (Wildman–Crippen LogP) is 2.99. The number of pyridine rings is 1. The van der Waals surface area contributed by atoms with E-state index in [9.17, 15) is 9.90 Å². The van der Waals surface area contributed by atoms with Gasteiger partial charge in [0.1, 0.15) is 5.82 Å². The minimum Gasteiger partial charge on any atom is -0.503 e. The number of aromatic hydroxyl groups is 1. The van der Waals surface area contributed by atoms with Crippen molar-refractivity contribution in [3.05, 3.63) is 70.6 Å². The minimum absolute atomic E-state index is 0.274. The van der Waals surface area contributed by atoms with Crippen LogP contribution >= 0.6 is 0 Å². The number of aromatic nitrogens is 3. The molecular formula is C20H18N4O2. The summed E-state index contributed by atoms with van der Waals surface area (Å²) in [6.45, 7) is 1.99.